The van der Waals surface area contributed by atoms with Gasteiger partial charge in [0.25, 0.3) is 0 Å². The molecule has 0 unspecified atom stereocenters. The maximum absolute atomic E-state index is 13.4. The van der Waals surface area contributed by atoms with Gasteiger partial charge in [-0.15, -0.1) is 0 Å². The van der Waals surface area contributed by atoms with E-state index in [0.29, 0.717) is 11.8 Å². The number of amides is 1. The zero-order valence-corrected chi connectivity index (χ0v) is 14.5. The first-order valence-corrected chi connectivity index (χ1v) is 9.60. The van der Waals surface area contributed by atoms with Crippen molar-refractivity contribution in [3.8, 4) is 0 Å². The van der Waals surface area contributed by atoms with Gasteiger partial charge >= 0.3 is 0 Å². The molecule has 4 nitrogen and oxygen atoms in total. The van der Waals surface area contributed by atoms with E-state index in [-0.39, 0.29) is 5.41 Å². The molecule has 2 heterocycles. The highest BCUT2D eigenvalue weighted by molar-refractivity contribution is 5.84. The van der Waals surface area contributed by atoms with Gasteiger partial charge in [0.05, 0.1) is 5.41 Å². The second-order valence-electron chi connectivity index (χ2n) is 7.70. The highest BCUT2D eigenvalue weighted by atomic mass is 16.2. The summed E-state index contributed by atoms with van der Waals surface area (Å²) in [5.41, 5.74) is 1.18. The van der Waals surface area contributed by atoms with Gasteiger partial charge < -0.3 is 15.1 Å². The standard InChI is InChI=1S/C20H29N3O/c24-19(20-10-5-4-7-17(20)15-21-16-20)23-12-6-11-22(13-14-23)18-8-2-1-3-9-18/h1-3,8-9,17,21H,4-7,10-16H2/t17-,20+/m0/s1. The smallest absolute Gasteiger partial charge is 0.230 e. The number of nitrogens with zero attached hydrogens (tertiary/aromatic N) is 2. The molecule has 0 bridgehead atoms. The minimum Gasteiger partial charge on any atom is -0.370 e. The van der Waals surface area contributed by atoms with Crippen LogP contribution in [-0.4, -0.2) is 50.1 Å². The van der Waals surface area contributed by atoms with Crippen LogP contribution in [0.2, 0.25) is 0 Å². The van der Waals surface area contributed by atoms with E-state index in [4.69, 9.17) is 0 Å². The Balaban J connectivity index is 1.46. The van der Waals surface area contributed by atoms with Gasteiger partial charge in [-0.1, -0.05) is 31.0 Å². The van der Waals surface area contributed by atoms with E-state index in [2.05, 4.69) is 45.4 Å². The van der Waals surface area contributed by atoms with Crippen LogP contribution in [0.4, 0.5) is 5.69 Å². The van der Waals surface area contributed by atoms with E-state index in [9.17, 15) is 4.79 Å². The van der Waals surface area contributed by atoms with E-state index in [1.165, 1.54) is 24.9 Å². The Hall–Kier alpha value is -1.55. The van der Waals surface area contributed by atoms with Crippen molar-refractivity contribution < 1.29 is 4.79 Å². The number of anilines is 1. The molecule has 2 aliphatic heterocycles. The van der Waals surface area contributed by atoms with Gasteiger partial charge in [0.1, 0.15) is 0 Å². The number of rotatable bonds is 2. The lowest BCUT2D eigenvalue weighted by molar-refractivity contribution is -0.145. The molecular weight excluding hydrogens is 298 g/mol. The molecule has 2 saturated heterocycles. The molecular formula is C20H29N3O. The molecule has 1 aliphatic carbocycles. The van der Waals surface area contributed by atoms with Crippen LogP contribution in [0.25, 0.3) is 0 Å². The number of hydrogen-bond acceptors (Lipinski definition) is 3. The fraction of sp³-hybridized carbons (Fsp3) is 0.650. The second kappa shape index (κ2) is 6.75. The summed E-state index contributed by atoms with van der Waals surface area (Å²) in [6.45, 7) is 5.70. The third-order valence-electron chi connectivity index (χ3n) is 6.37. The zero-order valence-electron chi connectivity index (χ0n) is 14.5. The molecule has 3 fully saturated rings. The van der Waals surface area contributed by atoms with E-state index < -0.39 is 0 Å². The summed E-state index contributed by atoms with van der Waals surface area (Å²) in [7, 11) is 0. The van der Waals surface area contributed by atoms with Gasteiger partial charge in [-0.05, 0) is 43.9 Å². The van der Waals surface area contributed by atoms with Gasteiger partial charge in [0.15, 0.2) is 0 Å². The van der Waals surface area contributed by atoms with Crippen molar-refractivity contribution in [1.82, 2.24) is 10.2 Å². The average molecular weight is 327 g/mol. The fourth-order valence-corrected chi connectivity index (χ4v) is 5.00. The molecule has 0 aromatic heterocycles. The van der Waals surface area contributed by atoms with E-state index in [0.717, 1.165) is 52.1 Å². The Kier molecular flexibility index (Phi) is 4.49. The molecule has 4 heteroatoms. The molecule has 3 aliphatic rings. The van der Waals surface area contributed by atoms with Crippen LogP contribution in [0.3, 0.4) is 0 Å². The largest absolute Gasteiger partial charge is 0.370 e. The van der Waals surface area contributed by atoms with E-state index >= 15 is 0 Å². The Morgan fingerprint density at radius 3 is 2.79 bits per heavy atom. The molecule has 1 saturated carbocycles. The van der Waals surface area contributed by atoms with Crippen molar-refractivity contribution in [3.05, 3.63) is 30.3 Å². The van der Waals surface area contributed by atoms with E-state index in [1.807, 2.05) is 0 Å². The lowest BCUT2D eigenvalue weighted by Gasteiger charge is -2.40. The molecule has 1 aromatic rings. The quantitative estimate of drug-likeness (QED) is 0.906. The summed E-state index contributed by atoms with van der Waals surface area (Å²) in [5.74, 6) is 0.999. The third kappa shape index (κ3) is 2.81. The molecule has 1 amide bonds. The van der Waals surface area contributed by atoms with Gasteiger partial charge in [-0.2, -0.15) is 0 Å². The Morgan fingerprint density at radius 1 is 1.04 bits per heavy atom. The molecule has 2 atom stereocenters. The number of benzene rings is 1. The minimum atomic E-state index is -0.0971. The third-order valence-corrected chi connectivity index (χ3v) is 6.37. The number of fused-ring (bicyclic) bond motifs is 1. The highest BCUT2D eigenvalue weighted by Crippen LogP contribution is 2.45. The Morgan fingerprint density at radius 2 is 1.92 bits per heavy atom. The average Bonchev–Trinajstić information content (AvgIpc) is 2.93. The number of nitrogens with one attached hydrogen (secondary N) is 1. The minimum absolute atomic E-state index is 0.0971. The van der Waals surface area contributed by atoms with Gasteiger partial charge in [0.2, 0.25) is 5.91 Å². The van der Waals surface area contributed by atoms with Crippen LogP contribution >= 0.6 is 0 Å². The SMILES string of the molecule is O=C(N1CCCN(c2ccccc2)CC1)[C@@]12CCCC[C@H]1CNC2. The van der Waals surface area contributed by atoms with E-state index in [1.54, 1.807) is 0 Å². The maximum Gasteiger partial charge on any atom is 0.230 e. The number of carbonyl (C=O) groups is 1. The Labute approximate surface area is 145 Å². The van der Waals surface area contributed by atoms with Crippen LogP contribution in [0.5, 0.6) is 0 Å². The van der Waals surface area contributed by atoms with Crippen molar-refractivity contribution in [2.75, 3.05) is 44.2 Å². The molecule has 1 aromatic carbocycles. The predicted octanol–water partition coefficient (Wildman–Crippen LogP) is 2.51. The summed E-state index contributed by atoms with van der Waals surface area (Å²) >= 11 is 0. The summed E-state index contributed by atoms with van der Waals surface area (Å²) < 4.78 is 0. The number of carbonyl (C=O) groups excluding carboxylic acids is 1. The van der Waals surface area contributed by atoms with Gasteiger partial charge in [0, 0.05) is 38.4 Å². The molecule has 24 heavy (non-hydrogen) atoms. The lowest BCUT2D eigenvalue weighted by Crippen LogP contribution is -2.50. The fourth-order valence-electron chi connectivity index (χ4n) is 5.00. The number of hydrogen-bond donors (Lipinski definition) is 1. The maximum atomic E-state index is 13.4. The Bertz CT molecular complexity index is 576. The first-order valence-electron chi connectivity index (χ1n) is 9.60. The van der Waals surface area contributed by atoms with Crippen molar-refractivity contribution in [1.29, 1.82) is 0 Å². The molecule has 0 radical (unpaired) electrons. The van der Waals surface area contributed by atoms with Gasteiger partial charge in [-0.3, -0.25) is 4.79 Å². The first-order chi connectivity index (χ1) is 11.8. The van der Waals surface area contributed by atoms with Crippen LogP contribution in [-0.2, 0) is 4.79 Å². The topological polar surface area (TPSA) is 35.6 Å². The van der Waals surface area contributed by atoms with Crippen molar-refractivity contribution >= 4 is 11.6 Å². The summed E-state index contributed by atoms with van der Waals surface area (Å²) in [5, 5.41) is 3.52. The van der Waals surface area contributed by atoms with Crippen molar-refractivity contribution in [2.45, 2.75) is 32.1 Å². The normalized spacial score (nSPS) is 30.8. The summed E-state index contributed by atoms with van der Waals surface area (Å²) in [4.78, 5) is 18.0. The highest BCUT2D eigenvalue weighted by Gasteiger charge is 2.51. The monoisotopic (exact) mass is 327 g/mol. The first kappa shape index (κ1) is 15.9. The zero-order chi connectivity index (χ0) is 16.4. The molecule has 1 N–H and O–H groups in total. The number of para-hydroxylation sites is 1. The summed E-state index contributed by atoms with van der Waals surface area (Å²) in [6, 6.07) is 10.6. The van der Waals surface area contributed by atoms with Crippen molar-refractivity contribution in [3.63, 3.8) is 0 Å². The molecule has 0 spiro atoms. The van der Waals surface area contributed by atoms with Crippen LogP contribution < -0.4 is 10.2 Å². The summed E-state index contributed by atoms with van der Waals surface area (Å²) in [6.07, 6.45) is 5.89. The molecule has 4 rings (SSSR count). The van der Waals surface area contributed by atoms with Crippen LogP contribution in [0.15, 0.2) is 30.3 Å². The van der Waals surface area contributed by atoms with Crippen LogP contribution in [0.1, 0.15) is 32.1 Å². The molecule has 130 valence electrons. The van der Waals surface area contributed by atoms with Crippen LogP contribution in [0, 0.1) is 11.3 Å². The lowest BCUT2D eigenvalue weighted by atomic mass is 9.67. The predicted molar refractivity (Wildman–Crippen MR) is 97.1 cm³/mol. The van der Waals surface area contributed by atoms with Gasteiger partial charge in [-0.25, -0.2) is 0 Å². The van der Waals surface area contributed by atoms with Crippen molar-refractivity contribution in [2.24, 2.45) is 11.3 Å². The second-order valence-corrected chi connectivity index (χ2v) is 7.70.